The number of rotatable bonds is 3. The van der Waals surface area contributed by atoms with Crippen LogP contribution >= 0.6 is 15.9 Å². The summed E-state index contributed by atoms with van der Waals surface area (Å²) in [7, 11) is 1.61. The minimum Gasteiger partial charge on any atom is -0.497 e. The van der Waals surface area contributed by atoms with Crippen molar-refractivity contribution in [2.45, 2.75) is 6.92 Å². The molecule has 1 fully saturated rings. The molecule has 0 aliphatic carbocycles. The molecular formula is C19H21BrN2O2. The summed E-state index contributed by atoms with van der Waals surface area (Å²) >= 11 is 3.47. The predicted octanol–water partition coefficient (Wildman–Crippen LogP) is 3.73. The Balaban J connectivity index is 1.71. The number of halogens is 1. The Morgan fingerprint density at radius 2 is 1.79 bits per heavy atom. The number of ether oxygens (including phenoxy) is 1. The fourth-order valence-electron chi connectivity index (χ4n) is 3.03. The lowest BCUT2D eigenvalue weighted by atomic mass is 10.1. The lowest BCUT2D eigenvalue weighted by Gasteiger charge is -2.37. The summed E-state index contributed by atoms with van der Waals surface area (Å²) in [6.07, 6.45) is 0. The van der Waals surface area contributed by atoms with Crippen LogP contribution in [0.2, 0.25) is 0 Å². The van der Waals surface area contributed by atoms with Gasteiger partial charge < -0.3 is 14.5 Å². The molecule has 126 valence electrons. The van der Waals surface area contributed by atoms with Gasteiger partial charge in [-0.15, -0.1) is 0 Å². The van der Waals surface area contributed by atoms with Crippen LogP contribution in [-0.2, 0) is 0 Å². The minimum absolute atomic E-state index is 0.0465. The first-order valence-electron chi connectivity index (χ1n) is 8.03. The zero-order valence-corrected chi connectivity index (χ0v) is 15.5. The van der Waals surface area contributed by atoms with Gasteiger partial charge in [0.15, 0.2) is 0 Å². The van der Waals surface area contributed by atoms with Crippen LogP contribution in [0.25, 0.3) is 0 Å². The number of hydrogen-bond acceptors (Lipinski definition) is 3. The third-order valence-electron chi connectivity index (χ3n) is 4.43. The third-order valence-corrected chi connectivity index (χ3v) is 5.12. The normalized spacial score (nSPS) is 14.6. The van der Waals surface area contributed by atoms with Crippen molar-refractivity contribution in [3.05, 3.63) is 58.1 Å². The van der Waals surface area contributed by atoms with E-state index in [1.165, 1.54) is 11.3 Å². The van der Waals surface area contributed by atoms with Gasteiger partial charge in [-0.3, -0.25) is 4.79 Å². The van der Waals surface area contributed by atoms with Gasteiger partial charge in [-0.1, -0.05) is 18.2 Å². The standard InChI is InChI=1S/C19H21BrN2O2/c1-14-5-3-4-6-18(14)21-9-11-22(12-10-21)19(23)16-13-15(24-2)7-8-17(16)20/h3-8,13H,9-12H2,1-2H3. The van der Waals surface area contributed by atoms with Crippen molar-refractivity contribution in [2.24, 2.45) is 0 Å². The van der Waals surface area contributed by atoms with Crippen LogP contribution in [0.3, 0.4) is 0 Å². The first kappa shape index (κ1) is 16.8. The number of amides is 1. The van der Waals surface area contributed by atoms with Crippen LogP contribution in [0.15, 0.2) is 46.9 Å². The molecule has 0 aromatic heterocycles. The quantitative estimate of drug-likeness (QED) is 0.802. The molecule has 0 unspecified atom stereocenters. The number of carbonyl (C=O) groups is 1. The van der Waals surface area contributed by atoms with Crippen molar-refractivity contribution in [3.63, 3.8) is 0 Å². The van der Waals surface area contributed by atoms with Crippen LogP contribution in [0.5, 0.6) is 5.75 Å². The summed E-state index contributed by atoms with van der Waals surface area (Å²) in [4.78, 5) is 17.1. The second-order valence-electron chi connectivity index (χ2n) is 5.91. The van der Waals surface area contributed by atoms with Gasteiger partial charge in [-0.25, -0.2) is 0 Å². The number of aryl methyl sites for hydroxylation is 1. The molecule has 1 heterocycles. The maximum atomic E-state index is 12.8. The van der Waals surface area contributed by atoms with Gasteiger partial charge in [0.2, 0.25) is 0 Å². The summed E-state index contributed by atoms with van der Waals surface area (Å²) < 4.78 is 6.04. The van der Waals surface area contributed by atoms with Gasteiger partial charge in [0.1, 0.15) is 5.75 Å². The number of hydrogen-bond donors (Lipinski definition) is 0. The van der Waals surface area contributed by atoms with E-state index in [1.54, 1.807) is 13.2 Å². The van der Waals surface area contributed by atoms with E-state index in [-0.39, 0.29) is 5.91 Å². The monoisotopic (exact) mass is 388 g/mol. The molecule has 2 aromatic rings. The highest BCUT2D eigenvalue weighted by atomic mass is 79.9. The molecule has 24 heavy (non-hydrogen) atoms. The van der Waals surface area contributed by atoms with E-state index in [1.807, 2.05) is 17.0 Å². The highest BCUT2D eigenvalue weighted by molar-refractivity contribution is 9.10. The van der Waals surface area contributed by atoms with Gasteiger partial charge in [0, 0.05) is 36.3 Å². The molecule has 5 heteroatoms. The minimum atomic E-state index is 0.0465. The van der Waals surface area contributed by atoms with Gasteiger partial charge in [0.25, 0.3) is 5.91 Å². The highest BCUT2D eigenvalue weighted by Crippen LogP contribution is 2.25. The van der Waals surface area contributed by atoms with Crippen molar-refractivity contribution >= 4 is 27.5 Å². The number of methoxy groups -OCH3 is 1. The maximum Gasteiger partial charge on any atom is 0.255 e. The lowest BCUT2D eigenvalue weighted by molar-refractivity contribution is 0.0745. The molecular weight excluding hydrogens is 368 g/mol. The predicted molar refractivity (Wildman–Crippen MR) is 100.0 cm³/mol. The Kier molecular flexibility index (Phi) is 5.09. The van der Waals surface area contributed by atoms with Crippen molar-refractivity contribution in [1.82, 2.24) is 4.90 Å². The molecule has 1 aliphatic rings. The Bertz CT molecular complexity index is 740. The number of carbonyl (C=O) groups excluding carboxylic acids is 1. The molecule has 1 saturated heterocycles. The SMILES string of the molecule is COc1ccc(Br)c(C(=O)N2CCN(c3ccccc3C)CC2)c1. The van der Waals surface area contributed by atoms with Gasteiger partial charge in [0.05, 0.1) is 12.7 Å². The Morgan fingerprint density at radius 1 is 1.08 bits per heavy atom. The first-order chi connectivity index (χ1) is 11.6. The van der Waals surface area contributed by atoms with Crippen LogP contribution in [0, 0.1) is 6.92 Å². The average molecular weight is 389 g/mol. The number of nitrogens with zero attached hydrogens (tertiary/aromatic N) is 2. The zero-order valence-electron chi connectivity index (χ0n) is 14.0. The van der Waals surface area contributed by atoms with Crippen LogP contribution in [0.1, 0.15) is 15.9 Å². The first-order valence-corrected chi connectivity index (χ1v) is 8.83. The molecule has 0 radical (unpaired) electrons. The van der Waals surface area contributed by atoms with E-state index in [9.17, 15) is 4.79 Å². The molecule has 0 atom stereocenters. The topological polar surface area (TPSA) is 32.8 Å². The molecule has 1 amide bonds. The molecule has 2 aromatic carbocycles. The molecule has 0 spiro atoms. The summed E-state index contributed by atoms with van der Waals surface area (Å²) in [6, 6.07) is 13.9. The largest absolute Gasteiger partial charge is 0.497 e. The molecule has 0 saturated carbocycles. The van der Waals surface area contributed by atoms with Crippen LogP contribution in [-0.4, -0.2) is 44.1 Å². The van der Waals surface area contributed by atoms with E-state index >= 15 is 0 Å². The third kappa shape index (κ3) is 3.41. The second-order valence-corrected chi connectivity index (χ2v) is 6.77. The molecule has 4 nitrogen and oxygen atoms in total. The summed E-state index contributed by atoms with van der Waals surface area (Å²) in [5.74, 6) is 0.741. The summed E-state index contributed by atoms with van der Waals surface area (Å²) in [6.45, 7) is 5.25. The van der Waals surface area contributed by atoms with Crippen LogP contribution < -0.4 is 9.64 Å². The summed E-state index contributed by atoms with van der Waals surface area (Å²) in [5.41, 5.74) is 3.18. The molecule has 0 N–H and O–H groups in total. The summed E-state index contributed by atoms with van der Waals surface area (Å²) in [5, 5.41) is 0. The van der Waals surface area contributed by atoms with E-state index in [0.717, 1.165) is 30.7 Å². The van der Waals surface area contributed by atoms with Gasteiger partial charge in [-0.2, -0.15) is 0 Å². The lowest BCUT2D eigenvalue weighted by Crippen LogP contribution is -2.49. The fourth-order valence-corrected chi connectivity index (χ4v) is 3.45. The fraction of sp³-hybridized carbons (Fsp3) is 0.316. The van der Waals surface area contributed by atoms with Crippen LogP contribution in [0.4, 0.5) is 5.69 Å². The van der Waals surface area contributed by atoms with Gasteiger partial charge in [-0.05, 0) is 52.7 Å². The van der Waals surface area contributed by atoms with E-state index in [0.29, 0.717) is 11.3 Å². The number of benzene rings is 2. The zero-order chi connectivity index (χ0) is 17.1. The Morgan fingerprint density at radius 3 is 2.46 bits per heavy atom. The number of para-hydroxylation sites is 1. The van der Waals surface area contributed by atoms with Gasteiger partial charge >= 0.3 is 0 Å². The second kappa shape index (κ2) is 7.26. The number of piperazine rings is 1. The van der Waals surface area contributed by atoms with Crippen molar-refractivity contribution in [1.29, 1.82) is 0 Å². The number of anilines is 1. The highest BCUT2D eigenvalue weighted by Gasteiger charge is 2.24. The smallest absolute Gasteiger partial charge is 0.255 e. The Hall–Kier alpha value is -2.01. The van der Waals surface area contributed by atoms with E-state index in [2.05, 4.69) is 52.0 Å². The molecule has 1 aliphatic heterocycles. The van der Waals surface area contributed by atoms with Crippen molar-refractivity contribution < 1.29 is 9.53 Å². The Labute approximate surface area is 151 Å². The maximum absolute atomic E-state index is 12.8. The molecule has 0 bridgehead atoms. The van der Waals surface area contributed by atoms with E-state index < -0.39 is 0 Å². The van der Waals surface area contributed by atoms with E-state index in [4.69, 9.17) is 4.74 Å². The van der Waals surface area contributed by atoms with Crippen molar-refractivity contribution in [3.8, 4) is 5.75 Å². The molecule has 3 rings (SSSR count). The average Bonchev–Trinajstić information content (AvgIpc) is 2.62. The van der Waals surface area contributed by atoms with Crippen molar-refractivity contribution in [2.75, 3.05) is 38.2 Å².